The number of hydrogen-bond donors (Lipinski definition) is 0. The van der Waals surface area contributed by atoms with Gasteiger partial charge in [0.05, 0.1) is 30.0 Å². The lowest BCUT2D eigenvalue weighted by Gasteiger charge is -2.23. The van der Waals surface area contributed by atoms with Gasteiger partial charge >= 0.3 is 5.97 Å². The summed E-state index contributed by atoms with van der Waals surface area (Å²) < 4.78 is 18.0. The van der Waals surface area contributed by atoms with Crippen LogP contribution in [0.3, 0.4) is 0 Å². The molecule has 0 bridgehead atoms. The summed E-state index contributed by atoms with van der Waals surface area (Å²) in [6.07, 6.45) is 3.29. The molecule has 0 N–H and O–H groups in total. The number of carbonyl (C=O) groups excluding carboxylic acids is 1. The number of ether oxygens (including phenoxy) is 3. The second-order valence-corrected chi connectivity index (χ2v) is 9.09. The van der Waals surface area contributed by atoms with Crippen LogP contribution in [0.25, 0.3) is 6.08 Å². The van der Waals surface area contributed by atoms with Crippen LogP contribution >= 0.6 is 22.7 Å². The van der Waals surface area contributed by atoms with Crippen molar-refractivity contribution < 1.29 is 19.0 Å². The van der Waals surface area contributed by atoms with E-state index in [9.17, 15) is 9.59 Å². The van der Waals surface area contributed by atoms with Crippen molar-refractivity contribution in [3.8, 4) is 11.5 Å². The summed E-state index contributed by atoms with van der Waals surface area (Å²) in [6.45, 7) is 5.43. The largest absolute Gasteiger partial charge is 0.493 e. The summed E-state index contributed by atoms with van der Waals surface area (Å²) >= 11 is 2.75. The highest BCUT2D eigenvalue weighted by Gasteiger charge is 2.33. The fourth-order valence-corrected chi connectivity index (χ4v) is 5.48. The van der Waals surface area contributed by atoms with Crippen LogP contribution in [0.15, 0.2) is 69.4 Å². The number of fused-ring (bicyclic) bond motifs is 1. The number of rotatable bonds is 7. The molecule has 1 aliphatic heterocycles. The fraction of sp³-hybridized carbons (Fsp3) is 0.208. The van der Waals surface area contributed by atoms with Crippen LogP contribution < -0.4 is 24.4 Å². The van der Waals surface area contributed by atoms with Gasteiger partial charge in [0.2, 0.25) is 0 Å². The molecule has 0 fully saturated rings. The molecule has 1 aromatic carbocycles. The van der Waals surface area contributed by atoms with E-state index in [0.29, 0.717) is 32.1 Å². The Balaban J connectivity index is 1.88. The summed E-state index contributed by atoms with van der Waals surface area (Å²) in [5.41, 5.74) is 1.44. The van der Waals surface area contributed by atoms with Crippen molar-refractivity contribution in [1.82, 2.24) is 4.57 Å². The third kappa shape index (κ3) is 4.29. The molecule has 33 heavy (non-hydrogen) atoms. The maximum absolute atomic E-state index is 13.5. The monoisotopic (exact) mass is 482 g/mol. The summed E-state index contributed by atoms with van der Waals surface area (Å²) in [6, 6.07) is 8.62. The molecule has 1 atom stereocenters. The number of benzene rings is 1. The van der Waals surface area contributed by atoms with Crippen LogP contribution in [0.2, 0.25) is 0 Å². The van der Waals surface area contributed by atoms with Crippen molar-refractivity contribution in [3.05, 3.63) is 89.8 Å². The van der Waals surface area contributed by atoms with Gasteiger partial charge in [-0.15, -0.1) is 11.3 Å². The number of hydrogen-bond acceptors (Lipinski definition) is 8. The zero-order valence-electron chi connectivity index (χ0n) is 18.4. The number of esters is 1. The van der Waals surface area contributed by atoms with Gasteiger partial charge in [0.15, 0.2) is 16.3 Å². The molecule has 2 aromatic heterocycles. The van der Waals surface area contributed by atoms with Crippen molar-refractivity contribution in [2.24, 2.45) is 4.99 Å². The van der Waals surface area contributed by atoms with Gasteiger partial charge in [0.25, 0.3) is 5.56 Å². The fourth-order valence-electron chi connectivity index (χ4n) is 3.61. The van der Waals surface area contributed by atoms with Crippen molar-refractivity contribution >= 4 is 34.7 Å². The minimum absolute atomic E-state index is 0.0799. The molecular formula is C24H22N2O5S2. The first kappa shape index (κ1) is 22.8. The molecule has 0 aliphatic carbocycles. The molecule has 0 saturated heterocycles. The first-order valence-corrected chi connectivity index (χ1v) is 11.7. The van der Waals surface area contributed by atoms with E-state index in [2.05, 4.69) is 11.6 Å². The number of thiazole rings is 1. The van der Waals surface area contributed by atoms with Crippen LogP contribution in [0.1, 0.15) is 23.4 Å². The average molecular weight is 483 g/mol. The van der Waals surface area contributed by atoms with Crippen LogP contribution in [-0.2, 0) is 9.53 Å². The standard InChI is InChI=1S/C24H22N2O5S2/c1-5-10-31-23(28)20-14(2)25-24-26(21(20)18-7-6-11-32-18)22(27)19(33-24)13-15-8-9-16(29-3)17(12-15)30-4/h5-9,11-13,21H,1,10H2,2-4H3. The zero-order valence-corrected chi connectivity index (χ0v) is 20.0. The molecular weight excluding hydrogens is 460 g/mol. The zero-order chi connectivity index (χ0) is 23.5. The van der Waals surface area contributed by atoms with E-state index in [1.165, 1.54) is 28.7 Å². The smallest absolute Gasteiger partial charge is 0.338 e. The molecule has 0 saturated carbocycles. The van der Waals surface area contributed by atoms with Crippen LogP contribution in [0, 0.1) is 0 Å². The Morgan fingerprint density at radius 2 is 2.03 bits per heavy atom. The van der Waals surface area contributed by atoms with Gasteiger partial charge in [-0.25, -0.2) is 9.79 Å². The van der Waals surface area contributed by atoms with Crippen molar-refractivity contribution in [2.45, 2.75) is 13.0 Å². The Labute approximate surface area is 198 Å². The molecule has 1 unspecified atom stereocenters. The third-order valence-corrected chi connectivity index (χ3v) is 7.00. The van der Waals surface area contributed by atoms with Gasteiger partial charge in [-0.3, -0.25) is 9.36 Å². The van der Waals surface area contributed by atoms with Crippen molar-refractivity contribution in [2.75, 3.05) is 20.8 Å². The Hall–Kier alpha value is -3.43. The van der Waals surface area contributed by atoms with Gasteiger partial charge < -0.3 is 14.2 Å². The minimum atomic E-state index is -0.605. The molecule has 3 aromatic rings. The quantitative estimate of drug-likeness (QED) is 0.382. The third-order valence-electron chi connectivity index (χ3n) is 5.09. The summed E-state index contributed by atoms with van der Waals surface area (Å²) in [5.74, 6) is 0.661. The number of aromatic nitrogens is 1. The molecule has 0 amide bonds. The number of allylic oxidation sites excluding steroid dienone is 1. The summed E-state index contributed by atoms with van der Waals surface area (Å²) in [7, 11) is 3.13. The maximum atomic E-state index is 13.5. The second-order valence-electron chi connectivity index (χ2n) is 7.10. The first-order chi connectivity index (χ1) is 16.0. The molecule has 3 heterocycles. The topological polar surface area (TPSA) is 79.1 Å². The molecule has 170 valence electrons. The number of nitrogens with zero attached hydrogens (tertiary/aromatic N) is 2. The normalized spacial score (nSPS) is 15.6. The molecule has 9 heteroatoms. The van der Waals surface area contributed by atoms with Gasteiger partial charge in [-0.05, 0) is 42.1 Å². The van der Waals surface area contributed by atoms with Crippen molar-refractivity contribution in [1.29, 1.82) is 0 Å². The van der Waals surface area contributed by atoms with Crippen LogP contribution in [0.4, 0.5) is 0 Å². The predicted molar refractivity (Wildman–Crippen MR) is 129 cm³/mol. The van der Waals surface area contributed by atoms with Crippen LogP contribution in [0.5, 0.6) is 11.5 Å². The summed E-state index contributed by atoms with van der Waals surface area (Å²) in [5, 5.41) is 1.91. The minimum Gasteiger partial charge on any atom is -0.493 e. The highest BCUT2D eigenvalue weighted by Crippen LogP contribution is 2.33. The maximum Gasteiger partial charge on any atom is 0.338 e. The first-order valence-electron chi connectivity index (χ1n) is 10.0. The lowest BCUT2D eigenvalue weighted by atomic mass is 10.0. The molecule has 7 nitrogen and oxygen atoms in total. The van der Waals surface area contributed by atoms with Gasteiger partial charge in [0, 0.05) is 4.88 Å². The van der Waals surface area contributed by atoms with E-state index in [0.717, 1.165) is 10.4 Å². The Morgan fingerprint density at radius 1 is 1.24 bits per heavy atom. The Bertz CT molecular complexity index is 1410. The van der Waals surface area contributed by atoms with E-state index >= 15 is 0 Å². The van der Waals surface area contributed by atoms with E-state index < -0.39 is 12.0 Å². The Kier molecular flexibility index (Phi) is 6.62. The predicted octanol–water partition coefficient (Wildman–Crippen LogP) is 3.04. The Morgan fingerprint density at radius 3 is 2.70 bits per heavy atom. The number of thiophene rings is 1. The lowest BCUT2D eigenvalue weighted by molar-refractivity contribution is -0.138. The number of carbonyl (C=O) groups is 1. The van der Waals surface area contributed by atoms with Gasteiger partial charge in [-0.1, -0.05) is 36.1 Å². The molecule has 0 spiro atoms. The van der Waals surface area contributed by atoms with E-state index in [1.807, 2.05) is 23.6 Å². The second kappa shape index (κ2) is 9.60. The van der Waals surface area contributed by atoms with Crippen molar-refractivity contribution in [3.63, 3.8) is 0 Å². The van der Waals surface area contributed by atoms with Crippen LogP contribution in [-0.4, -0.2) is 31.4 Å². The average Bonchev–Trinajstić information content (AvgIpc) is 3.45. The molecule has 0 radical (unpaired) electrons. The number of methoxy groups -OCH3 is 2. The van der Waals surface area contributed by atoms with E-state index in [1.54, 1.807) is 43.9 Å². The van der Waals surface area contributed by atoms with Gasteiger partial charge in [0.1, 0.15) is 12.6 Å². The SMILES string of the molecule is C=CCOC(=O)C1=C(C)N=c2sc(=Cc3ccc(OC)c(OC)c3)c(=O)n2C1c1cccs1. The molecule has 4 rings (SSSR count). The summed E-state index contributed by atoms with van der Waals surface area (Å²) in [4.78, 5) is 32.4. The van der Waals surface area contributed by atoms with E-state index in [4.69, 9.17) is 14.2 Å². The van der Waals surface area contributed by atoms with E-state index in [-0.39, 0.29) is 12.2 Å². The lowest BCUT2D eigenvalue weighted by Crippen LogP contribution is -2.39. The highest BCUT2D eigenvalue weighted by molar-refractivity contribution is 7.10. The van der Waals surface area contributed by atoms with Gasteiger partial charge in [-0.2, -0.15) is 0 Å². The highest BCUT2D eigenvalue weighted by atomic mass is 32.1. The molecule has 1 aliphatic rings.